The van der Waals surface area contributed by atoms with E-state index in [1.807, 2.05) is 0 Å². The molecule has 0 aromatic heterocycles. The minimum absolute atomic E-state index is 0.277. The molecule has 4 aromatic rings. The van der Waals surface area contributed by atoms with Crippen molar-refractivity contribution >= 4 is 0 Å². The fourth-order valence-corrected chi connectivity index (χ4v) is 6.43. The van der Waals surface area contributed by atoms with Crippen LogP contribution in [0.3, 0.4) is 0 Å². The fourth-order valence-electron chi connectivity index (χ4n) is 6.43. The second-order valence-electron chi connectivity index (χ2n) is 10.4. The Hall–Kier alpha value is -3.20. The van der Waals surface area contributed by atoms with Crippen LogP contribution in [0.2, 0.25) is 0 Å². The Morgan fingerprint density at radius 3 is 2.09 bits per heavy atom. The van der Waals surface area contributed by atoms with Crippen LogP contribution in [0.25, 0.3) is 11.1 Å². The Labute approximate surface area is 203 Å². The lowest BCUT2D eigenvalue weighted by Crippen LogP contribution is -2.35. The van der Waals surface area contributed by atoms with Gasteiger partial charge in [0.25, 0.3) is 0 Å². The van der Waals surface area contributed by atoms with Gasteiger partial charge in [0.05, 0.1) is 5.41 Å². The van der Waals surface area contributed by atoms with Crippen LogP contribution in [0.5, 0.6) is 0 Å². The molecular formula is C32H32N2. The van der Waals surface area contributed by atoms with Gasteiger partial charge in [-0.2, -0.15) is 0 Å². The summed E-state index contributed by atoms with van der Waals surface area (Å²) in [6.07, 6.45) is 0.992. The highest BCUT2D eigenvalue weighted by Gasteiger charge is 2.50. The summed E-state index contributed by atoms with van der Waals surface area (Å²) in [7, 11) is 8.63. The Bertz CT molecular complexity index is 1400. The van der Waals surface area contributed by atoms with Gasteiger partial charge in [-0.25, -0.2) is 0 Å². The highest BCUT2D eigenvalue weighted by Crippen LogP contribution is 2.59. The van der Waals surface area contributed by atoms with Crippen LogP contribution >= 0.6 is 0 Å². The quantitative estimate of drug-likeness (QED) is 0.325. The molecule has 34 heavy (non-hydrogen) atoms. The number of rotatable bonds is 4. The van der Waals surface area contributed by atoms with Gasteiger partial charge in [-0.05, 0) is 90.2 Å². The lowest BCUT2D eigenvalue weighted by molar-refractivity contribution is 0.400. The first-order valence-corrected chi connectivity index (χ1v) is 12.2. The molecule has 1 atom stereocenters. The number of nitrogens with zero attached hydrogens (tertiary/aromatic N) is 2. The van der Waals surface area contributed by atoms with Gasteiger partial charge in [0, 0.05) is 13.1 Å². The molecule has 0 saturated carbocycles. The average molecular weight is 445 g/mol. The molecule has 0 N–H and O–H groups in total. The Balaban J connectivity index is 1.74. The van der Waals surface area contributed by atoms with E-state index in [4.69, 9.17) is 0 Å². The third kappa shape index (κ3) is 3.02. The molecule has 0 heterocycles. The monoisotopic (exact) mass is 444 g/mol. The molecule has 1 spiro atoms. The van der Waals surface area contributed by atoms with E-state index in [9.17, 15) is 0 Å². The van der Waals surface area contributed by atoms with E-state index in [0.717, 1.165) is 19.5 Å². The Kier molecular flexibility index (Phi) is 4.98. The van der Waals surface area contributed by atoms with Gasteiger partial charge >= 0.3 is 0 Å². The molecule has 170 valence electrons. The molecule has 0 radical (unpaired) electrons. The summed E-state index contributed by atoms with van der Waals surface area (Å²) < 4.78 is 0. The zero-order valence-corrected chi connectivity index (χ0v) is 20.6. The highest BCUT2D eigenvalue weighted by atomic mass is 15.1. The molecule has 2 aliphatic rings. The summed E-state index contributed by atoms with van der Waals surface area (Å²) in [5, 5.41) is 0. The topological polar surface area (TPSA) is 6.48 Å². The molecule has 0 saturated heterocycles. The van der Waals surface area contributed by atoms with E-state index >= 15 is 0 Å². The minimum atomic E-state index is -0.277. The maximum Gasteiger partial charge on any atom is 0.0719 e. The van der Waals surface area contributed by atoms with Crippen LogP contribution in [0, 0.1) is 0 Å². The lowest BCUT2D eigenvalue weighted by atomic mass is 9.61. The normalized spacial score (nSPS) is 17.6. The van der Waals surface area contributed by atoms with Crippen LogP contribution < -0.4 is 0 Å². The van der Waals surface area contributed by atoms with Crippen molar-refractivity contribution < 1.29 is 0 Å². The Morgan fingerprint density at radius 2 is 1.29 bits per heavy atom. The summed E-state index contributed by atoms with van der Waals surface area (Å²) in [5.74, 6) is 0. The van der Waals surface area contributed by atoms with Crippen molar-refractivity contribution in [2.24, 2.45) is 0 Å². The predicted molar refractivity (Wildman–Crippen MR) is 141 cm³/mol. The Morgan fingerprint density at radius 1 is 0.618 bits per heavy atom. The first-order valence-electron chi connectivity index (χ1n) is 12.2. The first-order chi connectivity index (χ1) is 16.5. The van der Waals surface area contributed by atoms with Crippen LogP contribution in [0.1, 0.15) is 44.5 Å². The molecule has 1 unspecified atom stereocenters. The molecule has 0 aliphatic heterocycles. The fraction of sp³-hybridized carbons (Fsp3) is 0.250. The van der Waals surface area contributed by atoms with E-state index in [0.29, 0.717) is 0 Å². The molecular weight excluding hydrogens is 412 g/mol. The largest absolute Gasteiger partial charge is 0.305 e. The number of benzene rings is 4. The standard InChI is InChI=1S/C32H32N2/c1-33(2)20-22-16-17-26-25-12-6-8-14-29(25)32(31(26)18-22)28-13-7-5-10-23(28)19-27-24(21-34(3)4)11-9-15-30(27)32/h5-18H,19-21H2,1-4H3. The molecule has 0 bridgehead atoms. The van der Waals surface area contributed by atoms with Crippen molar-refractivity contribution in [1.29, 1.82) is 0 Å². The average Bonchev–Trinajstić information content (AvgIpc) is 3.10. The van der Waals surface area contributed by atoms with Crippen molar-refractivity contribution in [3.8, 4) is 11.1 Å². The summed E-state index contributed by atoms with van der Waals surface area (Å²) in [6.45, 7) is 1.89. The van der Waals surface area contributed by atoms with Gasteiger partial charge in [0.2, 0.25) is 0 Å². The van der Waals surface area contributed by atoms with Crippen molar-refractivity contribution in [3.05, 3.63) is 129 Å². The van der Waals surface area contributed by atoms with Gasteiger partial charge in [-0.15, -0.1) is 0 Å². The highest BCUT2D eigenvalue weighted by molar-refractivity contribution is 5.88. The minimum Gasteiger partial charge on any atom is -0.305 e. The van der Waals surface area contributed by atoms with Crippen molar-refractivity contribution in [3.63, 3.8) is 0 Å². The van der Waals surface area contributed by atoms with Crippen LogP contribution in [0.15, 0.2) is 84.9 Å². The lowest BCUT2D eigenvalue weighted by Gasteiger charge is -2.41. The maximum absolute atomic E-state index is 2.49. The van der Waals surface area contributed by atoms with Gasteiger partial charge in [0.1, 0.15) is 0 Å². The third-order valence-corrected chi connectivity index (χ3v) is 7.56. The zero-order chi connectivity index (χ0) is 23.4. The maximum atomic E-state index is 2.49. The van der Waals surface area contributed by atoms with E-state index in [2.05, 4.69) is 123 Å². The van der Waals surface area contributed by atoms with Crippen LogP contribution in [-0.2, 0) is 24.9 Å². The first kappa shape index (κ1) is 21.3. The second-order valence-corrected chi connectivity index (χ2v) is 10.4. The van der Waals surface area contributed by atoms with Crippen molar-refractivity contribution in [2.75, 3.05) is 28.2 Å². The van der Waals surface area contributed by atoms with E-state index < -0.39 is 0 Å². The van der Waals surface area contributed by atoms with Gasteiger partial charge in [-0.1, -0.05) is 84.9 Å². The van der Waals surface area contributed by atoms with Crippen LogP contribution in [0.4, 0.5) is 0 Å². The summed E-state index contributed by atoms with van der Waals surface area (Å²) in [5.41, 5.74) is 14.0. The molecule has 2 nitrogen and oxygen atoms in total. The van der Waals surface area contributed by atoms with Gasteiger partial charge in [0.15, 0.2) is 0 Å². The van der Waals surface area contributed by atoms with Crippen molar-refractivity contribution in [2.45, 2.75) is 24.9 Å². The second kappa shape index (κ2) is 7.94. The number of fused-ring (bicyclic) bond motifs is 9. The van der Waals surface area contributed by atoms with Crippen LogP contribution in [-0.4, -0.2) is 38.0 Å². The van der Waals surface area contributed by atoms with E-state index in [1.165, 1.54) is 55.6 Å². The smallest absolute Gasteiger partial charge is 0.0719 e. The molecule has 2 aliphatic carbocycles. The molecule has 6 rings (SSSR count). The molecule has 2 heteroatoms. The number of hydrogen-bond donors (Lipinski definition) is 0. The molecule has 0 amide bonds. The molecule has 4 aromatic carbocycles. The zero-order valence-electron chi connectivity index (χ0n) is 20.6. The van der Waals surface area contributed by atoms with Crippen molar-refractivity contribution in [1.82, 2.24) is 9.80 Å². The summed E-state index contributed by atoms with van der Waals surface area (Å²) in [6, 6.07) is 32.4. The molecule has 0 fully saturated rings. The predicted octanol–water partition coefficient (Wildman–Crippen LogP) is 6.08. The summed E-state index contributed by atoms with van der Waals surface area (Å²) in [4.78, 5) is 4.54. The van der Waals surface area contributed by atoms with E-state index in [-0.39, 0.29) is 5.41 Å². The van der Waals surface area contributed by atoms with Gasteiger partial charge in [-0.3, -0.25) is 0 Å². The van der Waals surface area contributed by atoms with E-state index in [1.54, 1.807) is 0 Å². The SMILES string of the molecule is CN(C)Cc1ccc2c(c1)C1(c3ccccc3Cc3c(CN(C)C)cccc31)c1ccccc1-2. The number of hydrogen-bond acceptors (Lipinski definition) is 2. The summed E-state index contributed by atoms with van der Waals surface area (Å²) >= 11 is 0. The third-order valence-electron chi connectivity index (χ3n) is 7.56. The van der Waals surface area contributed by atoms with Gasteiger partial charge < -0.3 is 9.80 Å².